The fourth-order valence-electron chi connectivity index (χ4n) is 8.15. The molecule has 3 aliphatic carbocycles. The van der Waals surface area contributed by atoms with Crippen molar-refractivity contribution in [2.24, 2.45) is 5.92 Å². The van der Waals surface area contributed by atoms with Crippen LogP contribution < -0.4 is 0 Å². The predicted octanol–water partition coefficient (Wildman–Crippen LogP) is 11.1. The fourth-order valence-corrected chi connectivity index (χ4v) is 8.15. The lowest BCUT2D eigenvalue weighted by atomic mass is 9.60. The summed E-state index contributed by atoms with van der Waals surface area (Å²) in [6, 6.07) is 9.79. The van der Waals surface area contributed by atoms with Crippen LogP contribution in [0, 0.1) is 19.8 Å². The lowest BCUT2D eigenvalue weighted by molar-refractivity contribution is 0.342. The third-order valence-electron chi connectivity index (χ3n) is 10.1. The molecule has 1 spiro atoms. The molecule has 0 bridgehead atoms. The SMILES string of the molecule is CCCCCCCCC1=CC23CC(CCCCCCCC)Cc4c(C)ccc(c42)-c2ccc(C)c(c23)C1. The minimum atomic E-state index is 0.147. The van der Waals surface area contributed by atoms with Crippen LogP contribution in [-0.4, -0.2) is 0 Å². The normalized spacial score (nSPS) is 21.1. The molecule has 5 rings (SSSR count). The van der Waals surface area contributed by atoms with E-state index in [1.807, 2.05) is 0 Å². The zero-order valence-corrected chi connectivity index (χ0v) is 24.5. The second kappa shape index (κ2) is 11.9. The predicted molar refractivity (Wildman–Crippen MR) is 162 cm³/mol. The molecule has 2 atom stereocenters. The van der Waals surface area contributed by atoms with Crippen molar-refractivity contribution in [1.82, 2.24) is 0 Å². The van der Waals surface area contributed by atoms with Crippen molar-refractivity contribution in [3.63, 3.8) is 0 Å². The van der Waals surface area contributed by atoms with Gasteiger partial charge in [0, 0.05) is 5.41 Å². The highest BCUT2D eigenvalue weighted by Gasteiger charge is 2.50. The maximum Gasteiger partial charge on any atom is 0.0405 e. The maximum absolute atomic E-state index is 2.84. The largest absolute Gasteiger partial charge is 0.0700 e. The van der Waals surface area contributed by atoms with E-state index in [-0.39, 0.29) is 5.41 Å². The number of rotatable bonds is 14. The van der Waals surface area contributed by atoms with Gasteiger partial charge in [0.05, 0.1) is 0 Å². The van der Waals surface area contributed by atoms with Crippen LogP contribution in [0.5, 0.6) is 0 Å². The summed E-state index contributed by atoms with van der Waals surface area (Å²) in [5.41, 5.74) is 14.9. The molecule has 2 aromatic rings. The van der Waals surface area contributed by atoms with Gasteiger partial charge >= 0.3 is 0 Å². The van der Waals surface area contributed by atoms with Gasteiger partial charge in [-0.15, -0.1) is 0 Å². The third kappa shape index (κ3) is 5.24. The van der Waals surface area contributed by atoms with Gasteiger partial charge in [0.15, 0.2) is 0 Å². The molecule has 37 heavy (non-hydrogen) atoms. The molecule has 0 saturated heterocycles. The van der Waals surface area contributed by atoms with Crippen LogP contribution in [0.25, 0.3) is 11.1 Å². The van der Waals surface area contributed by atoms with Gasteiger partial charge in [-0.1, -0.05) is 127 Å². The topological polar surface area (TPSA) is 0 Å². The van der Waals surface area contributed by atoms with E-state index in [0.29, 0.717) is 0 Å². The summed E-state index contributed by atoms with van der Waals surface area (Å²) in [7, 11) is 0. The van der Waals surface area contributed by atoms with E-state index in [1.54, 1.807) is 39.0 Å². The van der Waals surface area contributed by atoms with E-state index in [4.69, 9.17) is 0 Å². The molecule has 0 heteroatoms. The first-order valence-corrected chi connectivity index (χ1v) is 16.1. The Kier molecular flexibility index (Phi) is 8.63. The van der Waals surface area contributed by atoms with Crippen molar-refractivity contribution in [1.29, 1.82) is 0 Å². The second-order valence-electron chi connectivity index (χ2n) is 12.9. The highest BCUT2D eigenvalue weighted by atomic mass is 14.5. The Bertz CT molecular complexity index is 1120. The number of allylic oxidation sites excluding steroid dienone is 2. The summed E-state index contributed by atoms with van der Waals surface area (Å²) < 4.78 is 0. The van der Waals surface area contributed by atoms with Crippen LogP contribution in [0.4, 0.5) is 0 Å². The Morgan fingerprint density at radius 2 is 1.24 bits per heavy atom. The molecule has 200 valence electrons. The van der Waals surface area contributed by atoms with E-state index in [0.717, 1.165) is 5.92 Å². The number of hydrogen-bond acceptors (Lipinski definition) is 0. The Hall–Kier alpha value is -1.82. The minimum absolute atomic E-state index is 0.147. The fraction of sp³-hybridized carbons (Fsp3) is 0.622. The smallest absolute Gasteiger partial charge is 0.0405 e. The molecule has 0 saturated carbocycles. The molecule has 2 unspecified atom stereocenters. The summed E-state index contributed by atoms with van der Waals surface area (Å²) in [6.45, 7) is 9.40. The maximum atomic E-state index is 2.84. The summed E-state index contributed by atoms with van der Waals surface area (Å²) in [5, 5.41) is 0. The molecule has 0 nitrogen and oxygen atoms in total. The van der Waals surface area contributed by atoms with E-state index in [2.05, 4.69) is 58.0 Å². The molecule has 0 heterocycles. The third-order valence-corrected chi connectivity index (χ3v) is 10.1. The van der Waals surface area contributed by atoms with Crippen molar-refractivity contribution in [3.8, 4) is 11.1 Å². The Labute approximate surface area is 228 Å². The molecule has 0 aromatic heterocycles. The van der Waals surface area contributed by atoms with Crippen molar-refractivity contribution in [2.75, 3.05) is 0 Å². The first-order valence-electron chi connectivity index (χ1n) is 16.1. The first kappa shape index (κ1) is 26.8. The summed E-state index contributed by atoms with van der Waals surface area (Å²) in [6.07, 6.45) is 26.2. The first-order chi connectivity index (χ1) is 18.1. The summed E-state index contributed by atoms with van der Waals surface area (Å²) in [5.74, 6) is 0.816. The molecule has 2 aromatic carbocycles. The quantitative estimate of drug-likeness (QED) is 0.180. The summed E-state index contributed by atoms with van der Waals surface area (Å²) in [4.78, 5) is 0. The minimum Gasteiger partial charge on any atom is -0.0700 e. The second-order valence-corrected chi connectivity index (χ2v) is 12.9. The van der Waals surface area contributed by atoms with Gasteiger partial charge < -0.3 is 0 Å². The molecular weight excluding hydrogens is 444 g/mol. The van der Waals surface area contributed by atoms with Gasteiger partial charge in [0.1, 0.15) is 0 Å². The number of hydrogen-bond donors (Lipinski definition) is 0. The van der Waals surface area contributed by atoms with Gasteiger partial charge in [-0.05, 0) is 96.4 Å². The van der Waals surface area contributed by atoms with Crippen LogP contribution >= 0.6 is 0 Å². The van der Waals surface area contributed by atoms with E-state index < -0.39 is 0 Å². The van der Waals surface area contributed by atoms with Crippen LogP contribution in [0.15, 0.2) is 35.9 Å². The molecule has 0 fully saturated rings. The molecular formula is C37H52. The Morgan fingerprint density at radius 1 is 0.676 bits per heavy atom. The van der Waals surface area contributed by atoms with Crippen molar-refractivity contribution in [2.45, 2.75) is 142 Å². The lowest BCUT2D eigenvalue weighted by Gasteiger charge is -2.43. The number of unbranched alkanes of at least 4 members (excludes halogenated alkanes) is 10. The van der Waals surface area contributed by atoms with Crippen LogP contribution in [0.3, 0.4) is 0 Å². The Balaban J connectivity index is 1.44. The zero-order valence-electron chi connectivity index (χ0n) is 24.5. The molecule has 0 aliphatic heterocycles. The molecule has 0 N–H and O–H groups in total. The average Bonchev–Trinajstić information content (AvgIpc) is 3.18. The highest BCUT2D eigenvalue weighted by molar-refractivity contribution is 5.87. The van der Waals surface area contributed by atoms with Gasteiger partial charge in [0.2, 0.25) is 0 Å². The van der Waals surface area contributed by atoms with Crippen LogP contribution in [0.2, 0.25) is 0 Å². The van der Waals surface area contributed by atoms with E-state index >= 15 is 0 Å². The average molecular weight is 497 g/mol. The number of fused-ring (bicyclic) bond motifs is 1. The summed E-state index contributed by atoms with van der Waals surface area (Å²) >= 11 is 0. The van der Waals surface area contributed by atoms with Crippen LogP contribution in [0.1, 0.15) is 144 Å². The molecule has 0 amide bonds. The highest BCUT2D eigenvalue weighted by Crippen LogP contribution is 2.61. The molecule has 3 aliphatic rings. The lowest BCUT2D eigenvalue weighted by Crippen LogP contribution is -2.36. The number of aryl methyl sites for hydroxylation is 2. The van der Waals surface area contributed by atoms with Crippen LogP contribution in [-0.2, 0) is 18.3 Å². The van der Waals surface area contributed by atoms with Gasteiger partial charge in [-0.3, -0.25) is 0 Å². The molecule has 0 radical (unpaired) electrons. The standard InChI is InChI=1S/C37H52/c1-5-7-9-11-13-15-17-29-23-33-27(3)19-21-31-32-22-20-28(4)34-24-30(18-16-14-12-10-8-6-2)26-37(25-29,35(31)33)36(32)34/h19-22,25,30H,5-18,23-24,26H2,1-4H3. The Morgan fingerprint density at radius 3 is 1.92 bits per heavy atom. The van der Waals surface area contributed by atoms with E-state index in [1.165, 1.54) is 120 Å². The monoisotopic (exact) mass is 496 g/mol. The van der Waals surface area contributed by atoms with Crippen molar-refractivity contribution < 1.29 is 0 Å². The van der Waals surface area contributed by atoms with E-state index in [9.17, 15) is 0 Å². The number of benzene rings is 2. The van der Waals surface area contributed by atoms with Crippen molar-refractivity contribution >= 4 is 0 Å². The van der Waals surface area contributed by atoms with Gasteiger partial charge in [-0.25, -0.2) is 0 Å². The van der Waals surface area contributed by atoms with Crippen molar-refractivity contribution in [3.05, 3.63) is 69.3 Å². The zero-order chi connectivity index (χ0) is 25.8. The van der Waals surface area contributed by atoms with Gasteiger partial charge in [0.25, 0.3) is 0 Å². The van der Waals surface area contributed by atoms with Gasteiger partial charge in [-0.2, -0.15) is 0 Å².